The Morgan fingerprint density at radius 3 is 2.61 bits per heavy atom. The molecule has 5 rings (SSSR count). The zero-order chi connectivity index (χ0) is 15.8. The lowest BCUT2D eigenvalue weighted by Crippen LogP contribution is -2.47. The molecular formula is C18H28N2O3. The number of nitrogens with one attached hydrogen (secondary N) is 1. The second-order valence-electron chi connectivity index (χ2n) is 7.82. The molecule has 1 unspecified atom stereocenters. The SMILES string of the molecule is OCc1cc(C23CCC(COC4CCCCO4)(CC2)CC3)n[nH]1. The molecule has 0 spiro atoms. The normalized spacial score (nSPS) is 37.2. The number of hydrogen-bond acceptors (Lipinski definition) is 4. The standard InChI is InChI=1S/C18H28N2O3/c21-12-14-11-15(20-19-14)18-7-4-17(5-8-18,6-9-18)13-23-16-3-1-2-10-22-16/h11,16,21H,1-10,12-13H2,(H,19,20). The summed E-state index contributed by atoms with van der Waals surface area (Å²) in [5, 5.41) is 16.7. The average molecular weight is 320 g/mol. The fraction of sp³-hybridized carbons (Fsp3) is 0.833. The van der Waals surface area contributed by atoms with Crippen LogP contribution in [0.3, 0.4) is 0 Å². The van der Waals surface area contributed by atoms with E-state index in [-0.39, 0.29) is 18.3 Å². The van der Waals surface area contributed by atoms with Crippen molar-refractivity contribution in [3.63, 3.8) is 0 Å². The van der Waals surface area contributed by atoms with Gasteiger partial charge < -0.3 is 14.6 Å². The number of aromatic nitrogens is 2. The molecule has 128 valence electrons. The fourth-order valence-corrected chi connectivity index (χ4v) is 4.69. The summed E-state index contributed by atoms with van der Waals surface area (Å²) in [7, 11) is 0. The van der Waals surface area contributed by atoms with Crippen LogP contribution in [0.5, 0.6) is 0 Å². The van der Waals surface area contributed by atoms with E-state index in [0.29, 0.717) is 5.41 Å². The molecule has 3 aliphatic carbocycles. The van der Waals surface area contributed by atoms with Gasteiger partial charge in [0.15, 0.2) is 6.29 Å². The molecule has 1 aromatic heterocycles. The zero-order valence-electron chi connectivity index (χ0n) is 13.9. The Hall–Kier alpha value is -0.910. The molecule has 5 nitrogen and oxygen atoms in total. The van der Waals surface area contributed by atoms with E-state index in [2.05, 4.69) is 16.3 Å². The van der Waals surface area contributed by atoms with E-state index in [1.165, 1.54) is 51.4 Å². The lowest BCUT2D eigenvalue weighted by molar-refractivity contribution is -0.188. The van der Waals surface area contributed by atoms with Crippen LogP contribution in [0, 0.1) is 5.41 Å². The number of hydrogen-bond donors (Lipinski definition) is 2. The van der Waals surface area contributed by atoms with Crippen LogP contribution in [0.4, 0.5) is 0 Å². The molecule has 23 heavy (non-hydrogen) atoms. The highest BCUT2D eigenvalue weighted by Crippen LogP contribution is 2.57. The summed E-state index contributed by atoms with van der Waals surface area (Å²) in [4.78, 5) is 0. The van der Waals surface area contributed by atoms with Gasteiger partial charge in [-0.3, -0.25) is 5.10 Å². The summed E-state index contributed by atoms with van der Waals surface area (Å²) in [5.74, 6) is 0. The lowest BCUT2D eigenvalue weighted by atomic mass is 9.53. The van der Waals surface area contributed by atoms with E-state index in [4.69, 9.17) is 9.47 Å². The number of nitrogens with zero attached hydrogens (tertiary/aromatic N) is 1. The van der Waals surface area contributed by atoms with Crippen molar-refractivity contribution in [1.82, 2.24) is 10.2 Å². The maximum Gasteiger partial charge on any atom is 0.157 e. The van der Waals surface area contributed by atoms with E-state index in [1.54, 1.807) is 0 Å². The first-order valence-corrected chi connectivity index (χ1v) is 9.13. The molecule has 3 saturated carbocycles. The third-order valence-electron chi connectivity index (χ3n) is 6.46. The van der Waals surface area contributed by atoms with Gasteiger partial charge in [0.2, 0.25) is 0 Å². The Labute approximate surface area is 137 Å². The molecule has 2 bridgehead atoms. The van der Waals surface area contributed by atoms with Gasteiger partial charge in [0.25, 0.3) is 0 Å². The van der Waals surface area contributed by atoms with Gasteiger partial charge in [0, 0.05) is 12.0 Å². The minimum absolute atomic E-state index is 0.0326. The highest BCUT2D eigenvalue weighted by Gasteiger charge is 2.50. The van der Waals surface area contributed by atoms with Crippen LogP contribution in [-0.4, -0.2) is 34.8 Å². The van der Waals surface area contributed by atoms with E-state index >= 15 is 0 Å². The summed E-state index contributed by atoms with van der Waals surface area (Å²) in [6.45, 7) is 1.76. The second-order valence-corrected chi connectivity index (χ2v) is 7.82. The monoisotopic (exact) mass is 320 g/mol. The lowest BCUT2D eigenvalue weighted by Gasteiger charge is -2.53. The first kappa shape index (κ1) is 15.6. The summed E-state index contributed by atoms with van der Waals surface area (Å²) in [6.07, 6.45) is 10.7. The minimum atomic E-state index is 0.0326. The molecule has 0 amide bonds. The van der Waals surface area contributed by atoms with Crippen LogP contribution in [0.15, 0.2) is 6.07 Å². The van der Waals surface area contributed by atoms with Crippen molar-refractivity contribution < 1.29 is 14.6 Å². The topological polar surface area (TPSA) is 67.4 Å². The summed E-state index contributed by atoms with van der Waals surface area (Å²) >= 11 is 0. The van der Waals surface area contributed by atoms with Gasteiger partial charge in [-0.05, 0) is 69.3 Å². The van der Waals surface area contributed by atoms with E-state index in [1.807, 2.05) is 0 Å². The molecule has 0 radical (unpaired) electrons. The number of aromatic amines is 1. The Morgan fingerprint density at radius 1 is 1.22 bits per heavy atom. The van der Waals surface area contributed by atoms with Gasteiger partial charge in [-0.25, -0.2) is 0 Å². The summed E-state index contributed by atoms with van der Waals surface area (Å²) in [5.41, 5.74) is 2.58. The van der Waals surface area contributed by atoms with Gasteiger partial charge >= 0.3 is 0 Å². The van der Waals surface area contributed by atoms with E-state index < -0.39 is 0 Å². The molecule has 4 fully saturated rings. The molecule has 1 saturated heterocycles. The molecule has 1 atom stereocenters. The van der Waals surface area contributed by atoms with Crippen LogP contribution >= 0.6 is 0 Å². The first-order valence-electron chi connectivity index (χ1n) is 9.13. The van der Waals surface area contributed by atoms with Gasteiger partial charge in [0.05, 0.1) is 24.6 Å². The first-order chi connectivity index (χ1) is 11.2. The van der Waals surface area contributed by atoms with E-state index in [0.717, 1.165) is 31.0 Å². The smallest absolute Gasteiger partial charge is 0.157 e. The minimum Gasteiger partial charge on any atom is -0.390 e. The van der Waals surface area contributed by atoms with Gasteiger partial charge in [0.1, 0.15) is 0 Å². The van der Waals surface area contributed by atoms with Gasteiger partial charge in [-0.1, -0.05) is 0 Å². The summed E-state index contributed by atoms with van der Waals surface area (Å²) in [6, 6.07) is 2.06. The summed E-state index contributed by atoms with van der Waals surface area (Å²) < 4.78 is 11.8. The maximum absolute atomic E-state index is 9.25. The van der Waals surface area contributed by atoms with Crippen molar-refractivity contribution in [1.29, 1.82) is 0 Å². The number of ether oxygens (including phenoxy) is 2. The number of aliphatic hydroxyl groups excluding tert-OH is 1. The molecule has 2 heterocycles. The average Bonchev–Trinajstić information content (AvgIpc) is 3.13. The predicted octanol–water partition coefficient (Wildman–Crippen LogP) is 3.04. The quantitative estimate of drug-likeness (QED) is 0.875. The van der Waals surface area contributed by atoms with Crippen molar-refractivity contribution in [2.24, 2.45) is 5.41 Å². The van der Waals surface area contributed by atoms with Crippen LogP contribution in [0.1, 0.15) is 69.2 Å². The highest BCUT2D eigenvalue weighted by atomic mass is 16.7. The number of aliphatic hydroxyl groups is 1. The van der Waals surface area contributed by atoms with Crippen LogP contribution in [0.25, 0.3) is 0 Å². The van der Waals surface area contributed by atoms with Gasteiger partial charge in [-0.2, -0.15) is 5.10 Å². The van der Waals surface area contributed by atoms with Crippen LogP contribution in [0.2, 0.25) is 0 Å². The third-order valence-corrected chi connectivity index (χ3v) is 6.46. The van der Waals surface area contributed by atoms with Crippen molar-refractivity contribution in [3.05, 3.63) is 17.5 Å². The molecule has 4 aliphatic rings. The largest absolute Gasteiger partial charge is 0.390 e. The highest BCUT2D eigenvalue weighted by molar-refractivity contribution is 5.23. The number of fused-ring (bicyclic) bond motifs is 3. The molecular weight excluding hydrogens is 292 g/mol. The van der Waals surface area contributed by atoms with Crippen molar-refractivity contribution in [2.75, 3.05) is 13.2 Å². The Morgan fingerprint density at radius 2 is 2.00 bits per heavy atom. The number of rotatable bonds is 5. The molecule has 5 heteroatoms. The zero-order valence-corrected chi connectivity index (χ0v) is 13.9. The fourth-order valence-electron chi connectivity index (χ4n) is 4.69. The number of H-pyrrole nitrogens is 1. The van der Waals surface area contributed by atoms with Crippen LogP contribution < -0.4 is 0 Å². The van der Waals surface area contributed by atoms with Gasteiger partial charge in [-0.15, -0.1) is 0 Å². The predicted molar refractivity (Wildman–Crippen MR) is 85.9 cm³/mol. The third kappa shape index (κ3) is 2.94. The van der Waals surface area contributed by atoms with Crippen molar-refractivity contribution >= 4 is 0 Å². The van der Waals surface area contributed by atoms with E-state index in [9.17, 15) is 5.11 Å². The molecule has 1 aliphatic heterocycles. The Kier molecular flexibility index (Phi) is 4.20. The van der Waals surface area contributed by atoms with Crippen LogP contribution in [-0.2, 0) is 21.5 Å². The molecule has 2 N–H and O–H groups in total. The maximum atomic E-state index is 9.25. The Bertz CT molecular complexity index is 512. The molecule has 0 aromatic carbocycles. The Balaban J connectivity index is 1.37. The van der Waals surface area contributed by atoms with Crippen molar-refractivity contribution in [3.8, 4) is 0 Å². The second kappa shape index (κ2) is 6.19. The van der Waals surface area contributed by atoms with Crippen molar-refractivity contribution in [2.45, 2.75) is 76.1 Å². The molecule has 1 aromatic rings.